The summed E-state index contributed by atoms with van der Waals surface area (Å²) in [6, 6.07) is 3.84. The minimum Gasteiger partial charge on any atom is -0.447 e. The molecule has 108 valence electrons. The first kappa shape index (κ1) is 14.6. The smallest absolute Gasteiger partial charge is 0.276 e. The highest BCUT2D eigenvalue weighted by molar-refractivity contribution is 7.89. The van der Waals surface area contributed by atoms with Gasteiger partial charge in [0.15, 0.2) is 0 Å². The van der Waals surface area contributed by atoms with Crippen molar-refractivity contribution in [3.8, 4) is 0 Å². The largest absolute Gasteiger partial charge is 0.447 e. The first-order valence-electron chi connectivity index (χ1n) is 6.68. The lowest BCUT2D eigenvalue weighted by atomic mass is 10.2. The monoisotopic (exact) mass is 286 g/mol. The first-order valence-corrected chi connectivity index (χ1v) is 8.12. The molecule has 1 N–H and O–H groups in total. The Balaban J connectivity index is 2.02. The molecule has 5 nitrogen and oxygen atoms in total. The van der Waals surface area contributed by atoms with Gasteiger partial charge in [-0.3, -0.25) is 0 Å². The van der Waals surface area contributed by atoms with E-state index >= 15 is 0 Å². The Bertz CT molecular complexity index is 518. The Morgan fingerprint density at radius 1 is 1.42 bits per heavy atom. The Labute approximate surface area is 115 Å². The van der Waals surface area contributed by atoms with E-state index < -0.39 is 10.0 Å². The Morgan fingerprint density at radius 3 is 2.68 bits per heavy atom. The van der Waals surface area contributed by atoms with Gasteiger partial charge in [0.1, 0.15) is 5.76 Å². The van der Waals surface area contributed by atoms with Gasteiger partial charge in [-0.25, -0.2) is 8.42 Å². The molecule has 1 saturated carbocycles. The van der Waals surface area contributed by atoms with Crippen LogP contribution in [0.15, 0.2) is 21.6 Å². The van der Waals surface area contributed by atoms with Gasteiger partial charge in [-0.05, 0) is 30.9 Å². The topological polar surface area (TPSA) is 62.6 Å². The van der Waals surface area contributed by atoms with Crippen LogP contribution in [0.5, 0.6) is 0 Å². The summed E-state index contributed by atoms with van der Waals surface area (Å²) in [6.07, 6.45) is 2.39. The fourth-order valence-electron chi connectivity index (χ4n) is 1.89. The van der Waals surface area contributed by atoms with E-state index in [1.54, 1.807) is 13.1 Å². The molecule has 1 fully saturated rings. The summed E-state index contributed by atoms with van der Waals surface area (Å²) < 4.78 is 31.3. The van der Waals surface area contributed by atoms with Gasteiger partial charge in [-0.2, -0.15) is 4.31 Å². The molecule has 19 heavy (non-hydrogen) atoms. The molecule has 1 aromatic heterocycles. The van der Waals surface area contributed by atoms with Crippen LogP contribution in [0.3, 0.4) is 0 Å². The van der Waals surface area contributed by atoms with Crippen molar-refractivity contribution in [2.24, 2.45) is 5.92 Å². The van der Waals surface area contributed by atoms with Crippen LogP contribution in [-0.2, 0) is 16.6 Å². The highest BCUT2D eigenvalue weighted by atomic mass is 32.2. The fraction of sp³-hybridized carbons (Fsp3) is 0.692. The maximum absolute atomic E-state index is 12.2. The fourth-order valence-corrected chi connectivity index (χ4v) is 3.14. The standard InChI is InChI=1S/C13H22N2O3S/c1-10(2)9-15(3)19(16,17)13-7-6-12(18-13)8-14-11-4-5-11/h6-7,10-11,14H,4-5,8-9H2,1-3H3. The normalized spacial score (nSPS) is 16.5. The highest BCUT2D eigenvalue weighted by Gasteiger charge is 2.26. The van der Waals surface area contributed by atoms with Crippen molar-refractivity contribution in [3.05, 3.63) is 17.9 Å². The molecule has 0 amide bonds. The number of hydrogen-bond donors (Lipinski definition) is 1. The zero-order valence-electron chi connectivity index (χ0n) is 11.7. The molecule has 1 aliphatic rings. The number of nitrogens with zero attached hydrogens (tertiary/aromatic N) is 1. The molecule has 1 aliphatic carbocycles. The molecule has 0 saturated heterocycles. The van der Waals surface area contributed by atoms with Crippen molar-refractivity contribution in [1.82, 2.24) is 9.62 Å². The van der Waals surface area contributed by atoms with Crippen LogP contribution in [0.25, 0.3) is 0 Å². The number of rotatable bonds is 7. The second kappa shape index (κ2) is 5.64. The molecular formula is C13H22N2O3S. The van der Waals surface area contributed by atoms with E-state index in [1.807, 2.05) is 13.8 Å². The van der Waals surface area contributed by atoms with Gasteiger partial charge >= 0.3 is 0 Å². The molecule has 0 spiro atoms. The molecule has 2 rings (SSSR count). The van der Waals surface area contributed by atoms with E-state index in [1.165, 1.54) is 23.2 Å². The van der Waals surface area contributed by atoms with Crippen molar-refractivity contribution in [1.29, 1.82) is 0 Å². The molecule has 6 heteroatoms. The van der Waals surface area contributed by atoms with Gasteiger partial charge in [-0.15, -0.1) is 0 Å². The van der Waals surface area contributed by atoms with Crippen molar-refractivity contribution in [3.63, 3.8) is 0 Å². The van der Waals surface area contributed by atoms with Crippen LogP contribution in [0, 0.1) is 5.92 Å². The maximum Gasteiger partial charge on any atom is 0.276 e. The highest BCUT2D eigenvalue weighted by Crippen LogP contribution is 2.21. The molecule has 1 heterocycles. The lowest BCUT2D eigenvalue weighted by Gasteiger charge is -2.17. The van der Waals surface area contributed by atoms with Crippen molar-refractivity contribution in [2.75, 3.05) is 13.6 Å². The molecule has 0 radical (unpaired) electrons. The van der Waals surface area contributed by atoms with E-state index in [9.17, 15) is 8.42 Å². The van der Waals surface area contributed by atoms with Gasteiger partial charge in [0.2, 0.25) is 5.09 Å². The molecular weight excluding hydrogens is 264 g/mol. The van der Waals surface area contributed by atoms with Crippen molar-refractivity contribution < 1.29 is 12.8 Å². The summed E-state index contributed by atoms with van der Waals surface area (Å²) >= 11 is 0. The zero-order chi connectivity index (χ0) is 14.0. The number of furan rings is 1. The first-order chi connectivity index (χ1) is 8.89. The van der Waals surface area contributed by atoms with E-state index in [0.29, 0.717) is 24.9 Å². The molecule has 0 bridgehead atoms. The summed E-state index contributed by atoms with van der Waals surface area (Å²) in [5, 5.41) is 3.33. The summed E-state index contributed by atoms with van der Waals surface area (Å²) in [5.74, 6) is 0.953. The SMILES string of the molecule is CC(C)CN(C)S(=O)(=O)c1ccc(CNC2CC2)o1. The third kappa shape index (κ3) is 3.81. The summed E-state index contributed by atoms with van der Waals surface area (Å²) in [6.45, 7) is 5.05. The second-order valence-electron chi connectivity index (χ2n) is 5.56. The van der Waals surface area contributed by atoms with E-state index in [0.717, 1.165) is 0 Å². The van der Waals surface area contributed by atoms with Crippen LogP contribution < -0.4 is 5.32 Å². The maximum atomic E-state index is 12.2. The lowest BCUT2D eigenvalue weighted by Crippen LogP contribution is -2.30. The number of sulfonamides is 1. The Kier molecular flexibility index (Phi) is 4.32. The van der Waals surface area contributed by atoms with Crippen LogP contribution >= 0.6 is 0 Å². The molecule has 1 aromatic rings. The van der Waals surface area contributed by atoms with Crippen LogP contribution in [0.2, 0.25) is 0 Å². The van der Waals surface area contributed by atoms with E-state index in [4.69, 9.17) is 4.42 Å². The summed E-state index contributed by atoms with van der Waals surface area (Å²) in [4.78, 5) is 0. The van der Waals surface area contributed by atoms with Gasteiger partial charge in [-0.1, -0.05) is 13.8 Å². The predicted octanol–water partition coefficient (Wildman–Crippen LogP) is 1.81. The lowest BCUT2D eigenvalue weighted by molar-refractivity contribution is 0.367. The van der Waals surface area contributed by atoms with Gasteiger partial charge in [0.05, 0.1) is 6.54 Å². The van der Waals surface area contributed by atoms with E-state index in [-0.39, 0.29) is 11.0 Å². The minimum absolute atomic E-state index is 0.0308. The van der Waals surface area contributed by atoms with Gasteiger partial charge < -0.3 is 9.73 Å². The number of nitrogens with one attached hydrogen (secondary N) is 1. The quantitative estimate of drug-likeness (QED) is 0.830. The third-order valence-corrected chi connectivity index (χ3v) is 4.76. The Hall–Kier alpha value is -0.850. The summed E-state index contributed by atoms with van der Waals surface area (Å²) in [5.41, 5.74) is 0. The van der Waals surface area contributed by atoms with Gasteiger partial charge in [0, 0.05) is 19.6 Å². The summed E-state index contributed by atoms with van der Waals surface area (Å²) in [7, 11) is -1.91. The number of hydrogen-bond acceptors (Lipinski definition) is 4. The second-order valence-corrected chi connectivity index (χ2v) is 7.53. The molecule has 0 unspecified atom stereocenters. The van der Waals surface area contributed by atoms with Crippen LogP contribution in [-0.4, -0.2) is 32.4 Å². The van der Waals surface area contributed by atoms with E-state index in [2.05, 4.69) is 5.32 Å². The molecule has 0 aliphatic heterocycles. The van der Waals surface area contributed by atoms with Crippen LogP contribution in [0.1, 0.15) is 32.4 Å². The molecule has 0 atom stereocenters. The molecule has 0 aromatic carbocycles. The third-order valence-electron chi connectivity index (χ3n) is 3.07. The predicted molar refractivity (Wildman–Crippen MR) is 73.2 cm³/mol. The van der Waals surface area contributed by atoms with Crippen molar-refractivity contribution >= 4 is 10.0 Å². The average Bonchev–Trinajstić information content (AvgIpc) is 3.02. The van der Waals surface area contributed by atoms with Crippen molar-refractivity contribution in [2.45, 2.75) is 44.4 Å². The Morgan fingerprint density at radius 2 is 2.11 bits per heavy atom. The minimum atomic E-state index is -3.50. The average molecular weight is 286 g/mol. The zero-order valence-corrected chi connectivity index (χ0v) is 12.5. The van der Waals surface area contributed by atoms with Crippen LogP contribution in [0.4, 0.5) is 0 Å². The van der Waals surface area contributed by atoms with Gasteiger partial charge in [0.25, 0.3) is 10.0 Å².